The fourth-order valence-corrected chi connectivity index (χ4v) is 4.60. The minimum Gasteiger partial charge on any atom is -0.326 e. The zero-order chi connectivity index (χ0) is 19.4. The molecule has 1 heterocycles. The number of piperidine rings is 1. The number of amides is 1. The van der Waals surface area contributed by atoms with Crippen LogP contribution in [0.3, 0.4) is 0 Å². The van der Waals surface area contributed by atoms with Crippen LogP contribution in [0.2, 0.25) is 0 Å². The Labute approximate surface area is 159 Å². The maximum Gasteiger partial charge on any atom is 0.243 e. The first-order valence-electron chi connectivity index (χ1n) is 8.85. The SMILES string of the molecule is CC(=O)c1ccc(S(=O)(=O)N2CCC(C(=O)Nc3ccccc3)CC2)cc1. The van der Waals surface area contributed by atoms with Gasteiger partial charge in [-0.25, -0.2) is 8.42 Å². The summed E-state index contributed by atoms with van der Waals surface area (Å²) in [6, 6.07) is 15.2. The summed E-state index contributed by atoms with van der Waals surface area (Å²) in [5.41, 5.74) is 1.22. The summed E-state index contributed by atoms with van der Waals surface area (Å²) in [7, 11) is -3.62. The number of Topliss-reactive ketones (excluding diaryl/α,β-unsaturated/α-hetero) is 1. The molecule has 3 rings (SSSR count). The average molecular weight is 386 g/mol. The highest BCUT2D eigenvalue weighted by molar-refractivity contribution is 7.89. The molecule has 0 unspecified atom stereocenters. The summed E-state index contributed by atoms with van der Waals surface area (Å²) in [6.45, 7) is 2.03. The van der Waals surface area contributed by atoms with Crippen molar-refractivity contribution in [3.8, 4) is 0 Å². The molecule has 0 aromatic heterocycles. The van der Waals surface area contributed by atoms with Crippen LogP contribution in [-0.2, 0) is 14.8 Å². The topological polar surface area (TPSA) is 83.6 Å². The van der Waals surface area contributed by atoms with Gasteiger partial charge >= 0.3 is 0 Å². The number of sulfonamides is 1. The van der Waals surface area contributed by atoms with Crippen molar-refractivity contribution in [3.63, 3.8) is 0 Å². The molecule has 2 aromatic carbocycles. The monoisotopic (exact) mass is 386 g/mol. The van der Waals surface area contributed by atoms with E-state index in [1.54, 1.807) is 0 Å². The summed E-state index contributed by atoms with van der Waals surface area (Å²) in [6.07, 6.45) is 0.951. The lowest BCUT2D eigenvalue weighted by atomic mass is 9.97. The van der Waals surface area contributed by atoms with Gasteiger partial charge in [-0.3, -0.25) is 9.59 Å². The zero-order valence-corrected chi connectivity index (χ0v) is 15.9. The zero-order valence-electron chi connectivity index (χ0n) is 15.1. The summed E-state index contributed by atoms with van der Waals surface area (Å²) in [4.78, 5) is 23.9. The third-order valence-electron chi connectivity index (χ3n) is 4.76. The highest BCUT2D eigenvalue weighted by Gasteiger charge is 2.32. The maximum absolute atomic E-state index is 12.8. The van der Waals surface area contributed by atoms with E-state index in [1.807, 2.05) is 30.3 Å². The minimum atomic E-state index is -3.62. The Hall–Kier alpha value is -2.51. The third-order valence-corrected chi connectivity index (χ3v) is 6.68. The van der Waals surface area contributed by atoms with Crippen molar-refractivity contribution in [2.45, 2.75) is 24.7 Å². The van der Waals surface area contributed by atoms with Gasteiger partial charge in [0, 0.05) is 30.3 Å². The van der Waals surface area contributed by atoms with Crippen LogP contribution in [0.15, 0.2) is 59.5 Å². The van der Waals surface area contributed by atoms with Gasteiger partial charge in [-0.15, -0.1) is 0 Å². The molecular weight excluding hydrogens is 364 g/mol. The molecular formula is C20H22N2O4S. The second kappa shape index (κ2) is 8.02. The molecule has 142 valence electrons. The number of carbonyl (C=O) groups excluding carboxylic acids is 2. The Morgan fingerprint density at radius 3 is 2.11 bits per heavy atom. The predicted molar refractivity (Wildman–Crippen MR) is 103 cm³/mol. The van der Waals surface area contributed by atoms with Gasteiger partial charge in [0.25, 0.3) is 0 Å². The number of benzene rings is 2. The van der Waals surface area contributed by atoms with Gasteiger partial charge in [0.05, 0.1) is 4.90 Å². The van der Waals surface area contributed by atoms with Crippen molar-refractivity contribution >= 4 is 27.4 Å². The second-order valence-corrected chi connectivity index (χ2v) is 8.55. The molecule has 0 spiro atoms. The predicted octanol–water partition coefficient (Wildman–Crippen LogP) is 2.93. The summed E-state index contributed by atoms with van der Waals surface area (Å²) >= 11 is 0. The lowest BCUT2D eigenvalue weighted by Gasteiger charge is -2.30. The van der Waals surface area contributed by atoms with Crippen LogP contribution >= 0.6 is 0 Å². The van der Waals surface area contributed by atoms with E-state index in [0.29, 0.717) is 31.5 Å². The summed E-state index contributed by atoms with van der Waals surface area (Å²) in [5.74, 6) is -0.398. The molecule has 1 fully saturated rings. The number of nitrogens with one attached hydrogen (secondary N) is 1. The molecule has 1 aliphatic heterocycles. The Kier molecular flexibility index (Phi) is 5.72. The Morgan fingerprint density at radius 1 is 0.963 bits per heavy atom. The maximum atomic E-state index is 12.8. The van der Waals surface area contributed by atoms with Crippen LogP contribution in [0.4, 0.5) is 5.69 Å². The van der Waals surface area contributed by atoms with Crippen LogP contribution in [0.5, 0.6) is 0 Å². The van der Waals surface area contributed by atoms with E-state index in [2.05, 4.69) is 5.32 Å². The molecule has 0 radical (unpaired) electrons. The van der Waals surface area contributed by atoms with E-state index in [4.69, 9.17) is 0 Å². The van der Waals surface area contributed by atoms with Crippen molar-refractivity contribution in [1.29, 1.82) is 0 Å². The van der Waals surface area contributed by atoms with Crippen molar-refractivity contribution in [2.24, 2.45) is 5.92 Å². The number of hydrogen-bond acceptors (Lipinski definition) is 4. The van der Waals surface area contributed by atoms with Crippen LogP contribution < -0.4 is 5.32 Å². The van der Waals surface area contributed by atoms with Gasteiger partial charge in [0.2, 0.25) is 15.9 Å². The Bertz CT molecular complexity index is 916. The van der Waals surface area contributed by atoms with Crippen molar-refractivity contribution in [2.75, 3.05) is 18.4 Å². The molecule has 1 saturated heterocycles. The van der Waals surface area contributed by atoms with Gasteiger partial charge in [-0.05, 0) is 44.0 Å². The largest absolute Gasteiger partial charge is 0.326 e. The molecule has 1 aliphatic rings. The highest BCUT2D eigenvalue weighted by atomic mass is 32.2. The smallest absolute Gasteiger partial charge is 0.243 e. The highest BCUT2D eigenvalue weighted by Crippen LogP contribution is 2.25. The van der Waals surface area contributed by atoms with Crippen molar-refractivity contribution < 1.29 is 18.0 Å². The van der Waals surface area contributed by atoms with Crippen LogP contribution in [-0.4, -0.2) is 37.5 Å². The van der Waals surface area contributed by atoms with E-state index in [9.17, 15) is 18.0 Å². The minimum absolute atomic E-state index is 0.0796. The summed E-state index contributed by atoms with van der Waals surface area (Å²) < 4.78 is 27.0. The Morgan fingerprint density at radius 2 is 1.56 bits per heavy atom. The number of hydrogen-bond donors (Lipinski definition) is 1. The molecule has 1 amide bonds. The van der Waals surface area contributed by atoms with Crippen molar-refractivity contribution in [3.05, 3.63) is 60.2 Å². The second-order valence-electron chi connectivity index (χ2n) is 6.61. The van der Waals surface area contributed by atoms with Crippen LogP contribution in [0.1, 0.15) is 30.1 Å². The normalized spacial score (nSPS) is 16.0. The average Bonchev–Trinajstić information content (AvgIpc) is 2.69. The van der Waals surface area contributed by atoms with Crippen LogP contribution in [0.25, 0.3) is 0 Å². The number of ketones is 1. The first-order chi connectivity index (χ1) is 12.9. The van der Waals surface area contributed by atoms with E-state index in [-0.39, 0.29) is 22.5 Å². The van der Waals surface area contributed by atoms with Gasteiger partial charge in [-0.2, -0.15) is 4.31 Å². The standard InChI is InChI=1S/C20H22N2O4S/c1-15(23)16-7-9-19(10-8-16)27(25,26)22-13-11-17(12-14-22)20(24)21-18-5-3-2-4-6-18/h2-10,17H,11-14H2,1H3,(H,21,24). The number of anilines is 1. The van der Waals surface area contributed by atoms with Gasteiger partial charge in [-0.1, -0.05) is 30.3 Å². The van der Waals surface area contributed by atoms with Gasteiger partial charge in [0.1, 0.15) is 0 Å². The lowest BCUT2D eigenvalue weighted by molar-refractivity contribution is -0.120. The van der Waals surface area contributed by atoms with Crippen LogP contribution in [0, 0.1) is 5.92 Å². The number of carbonyl (C=O) groups is 2. The molecule has 27 heavy (non-hydrogen) atoms. The lowest BCUT2D eigenvalue weighted by Crippen LogP contribution is -2.41. The molecule has 0 aliphatic carbocycles. The van der Waals surface area contributed by atoms with Crippen molar-refractivity contribution in [1.82, 2.24) is 4.31 Å². The number of nitrogens with zero attached hydrogens (tertiary/aromatic N) is 1. The van der Waals surface area contributed by atoms with Gasteiger partial charge < -0.3 is 5.32 Å². The fourth-order valence-electron chi connectivity index (χ4n) is 3.13. The molecule has 0 atom stereocenters. The first-order valence-corrected chi connectivity index (χ1v) is 10.3. The molecule has 6 nitrogen and oxygen atoms in total. The van der Waals surface area contributed by atoms with E-state index >= 15 is 0 Å². The molecule has 2 aromatic rings. The van der Waals surface area contributed by atoms with E-state index in [0.717, 1.165) is 5.69 Å². The molecule has 0 saturated carbocycles. The Balaban J connectivity index is 1.62. The summed E-state index contributed by atoms with van der Waals surface area (Å²) in [5, 5.41) is 2.87. The number of para-hydroxylation sites is 1. The molecule has 0 bridgehead atoms. The van der Waals surface area contributed by atoms with E-state index in [1.165, 1.54) is 35.5 Å². The van der Waals surface area contributed by atoms with E-state index < -0.39 is 10.0 Å². The first kappa shape index (κ1) is 19.3. The fraction of sp³-hybridized carbons (Fsp3) is 0.300. The van der Waals surface area contributed by atoms with Gasteiger partial charge in [0.15, 0.2) is 5.78 Å². The third kappa shape index (κ3) is 4.43. The quantitative estimate of drug-likeness (QED) is 0.801. The molecule has 1 N–H and O–H groups in total. The molecule has 7 heteroatoms. The number of rotatable bonds is 5.